The van der Waals surface area contributed by atoms with E-state index in [1.807, 2.05) is 50.3 Å². The first-order chi connectivity index (χ1) is 17.1. The molecule has 3 N–H and O–H groups in total. The number of phenolic OH excluding ortho intramolecular Hbond substituents is 3. The monoisotopic (exact) mass is 527 g/mol. The van der Waals surface area contributed by atoms with Crippen molar-refractivity contribution in [2.45, 2.75) is 39.8 Å². The van der Waals surface area contributed by atoms with Crippen molar-refractivity contribution in [1.82, 2.24) is 4.90 Å². The molecule has 1 aliphatic heterocycles. The summed E-state index contributed by atoms with van der Waals surface area (Å²) in [5.74, 6) is -1.09. The highest BCUT2D eigenvalue weighted by molar-refractivity contribution is 6.38. The Morgan fingerprint density at radius 1 is 1.06 bits per heavy atom. The van der Waals surface area contributed by atoms with Crippen LogP contribution in [0.3, 0.4) is 0 Å². The van der Waals surface area contributed by atoms with Crippen molar-refractivity contribution in [1.29, 1.82) is 0 Å². The van der Waals surface area contributed by atoms with E-state index in [4.69, 9.17) is 27.9 Å². The fourth-order valence-electron chi connectivity index (χ4n) is 4.66. The molecular weight excluding hydrogens is 501 g/mol. The molecule has 1 amide bonds. The lowest BCUT2D eigenvalue weighted by Crippen LogP contribution is -2.29. The van der Waals surface area contributed by atoms with Crippen LogP contribution in [0.4, 0.5) is 0 Å². The summed E-state index contributed by atoms with van der Waals surface area (Å²) >= 11 is 13.1. The quantitative estimate of drug-likeness (QED) is 0.311. The maximum Gasteiger partial charge on any atom is 0.259 e. The number of amides is 1. The molecule has 6 nitrogen and oxygen atoms in total. The molecule has 0 fully saturated rings. The minimum Gasteiger partial charge on any atom is -0.508 e. The molecule has 1 aliphatic rings. The first-order valence-electron chi connectivity index (χ1n) is 11.4. The lowest BCUT2D eigenvalue weighted by molar-refractivity contribution is 0.0731. The van der Waals surface area contributed by atoms with Crippen LogP contribution < -0.4 is 4.74 Å². The zero-order chi connectivity index (χ0) is 26.3. The van der Waals surface area contributed by atoms with Crippen molar-refractivity contribution >= 4 is 29.1 Å². The van der Waals surface area contributed by atoms with Gasteiger partial charge in [0.05, 0.1) is 34.3 Å². The van der Waals surface area contributed by atoms with Crippen LogP contribution in [0.25, 0.3) is 0 Å². The lowest BCUT2D eigenvalue weighted by Gasteiger charge is -2.30. The summed E-state index contributed by atoms with van der Waals surface area (Å²) in [5, 5.41) is 33.2. The Labute approximate surface area is 220 Å². The minimum atomic E-state index is -0.947. The molecule has 4 rings (SSSR count). The average Bonchev–Trinajstić information content (AvgIpc) is 3.12. The predicted molar refractivity (Wildman–Crippen MR) is 140 cm³/mol. The molecule has 188 valence electrons. The van der Waals surface area contributed by atoms with Crippen molar-refractivity contribution in [3.05, 3.63) is 91.5 Å². The van der Waals surface area contributed by atoms with Gasteiger partial charge in [-0.05, 0) is 38.3 Å². The smallest absolute Gasteiger partial charge is 0.259 e. The van der Waals surface area contributed by atoms with Gasteiger partial charge < -0.3 is 25.0 Å². The van der Waals surface area contributed by atoms with Crippen molar-refractivity contribution in [3.8, 4) is 23.0 Å². The molecule has 3 aromatic rings. The van der Waals surface area contributed by atoms with Crippen LogP contribution in [-0.4, -0.2) is 33.2 Å². The number of carbonyl (C=O) groups is 1. The molecular formula is C28H27Cl2NO5. The van der Waals surface area contributed by atoms with Gasteiger partial charge in [-0.15, -0.1) is 0 Å². The van der Waals surface area contributed by atoms with Crippen molar-refractivity contribution < 1.29 is 24.9 Å². The minimum absolute atomic E-state index is 0.0339. The Bertz CT molecular complexity index is 1380. The number of benzene rings is 3. The summed E-state index contributed by atoms with van der Waals surface area (Å²) in [6, 6.07) is 9.58. The summed E-state index contributed by atoms with van der Waals surface area (Å²) in [4.78, 5) is 15.4. The Balaban J connectivity index is 2.08. The average molecular weight is 528 g/mol. The highest BCUT2D eigenvalue weighted by Gasteiger charge is 2.45. The van der Waals surface area contributed by atoms with Crippen LogP contribution >= 0.6 is 23.2 Å². The molecule has 3 aromatic carbocycles. The summed E-state index contributed by atoms with van der Waals surface area (Å²) in [6.07, 6.45) is 2.22. The molecule has 8 heteroatoms. The number of aromatic hydroxyl groups is 3. The number of ether oxygens (including phenoxy) is 1. The van der Waals surface area contributed by atoms with Crippen LogP contribution in [0.5, 0.6) is 23.0 Å². The van der Waals surface area contributed by atoms with Crippen molar-refractivity contribution in [3.63, 3.8) is 0 Å². The van der Waals surface area contributed by atoms with Gasteiger partial charge in [0.15, 0.2) is 0 Å². The van der Waals surface area contributed by atoms with E-state index >= 15 is 0 Å². The molecule has 0 saturated heterocycles. The second-order valence-corrected chi connectivity index (χ2v) is 9.79. The van der Waals surface area contributed by atoms with E-state index in [0.29, 0.717) is 23.1 Å². The van der Waals surface area contributed by atoms with Gasteiger partial charge in [-0.1, -0.05) is 65.2 Å². The summed E-state index contributed by atoms with van der Waals surface area (Å²) < 4.78 is 5.63. The van der Waals surface area contributed by atoms with E-state index in [2.05, 4.69) is 0 Å². The molecule has 0 radical (unpaired) electrons. The summed E-state index contributed by atoms with van der Waals surface area (Å²) in [6.45, 7) is 5.67. The van der Waals surface area contributed by atoms with Gasteiger partial charge in [-0.25, -0.2) is 0 Å². The molecule has 1 atom stereocenters. The number of halogens is 2. The number of allylic oxidation sites excluding steroid dienone is 2. The van der Waals surface area contributed by atoms with E-state index < -0.39 is 11.9 Å². The van der Waals surface area contributed by atoms with Crippen LogP contribution in [0.15, 0.2) is 48.0 Å². The topological polar surface area (TPSA) is 90.2 Å². The van der Waals surface area contributed by atoms with Gasteiger partial charge in [0, 0.05) is 23.7 Å². The maximum atomic E-state index is 13.8. The number of phenols is 3. The van der Waals surface area contributed by atoms with E-state index in [-0.39, 0.29) is 50.7 Å². The molecule has 0 bridgehead atoms. The Kier molecular flexibility index (Phi) is 7.12. The maximum absolute atomic E-state index is 13.8. The van der Waals surface area contributed by atoms with Crippen LogP contribution in [0.2, 0.25) is 10.0 Å². The molecule has 0 aliphatic carbocycles. The number of rotatable bonds is 6. The van der Waals surface area contributed by atoms with Crippen LogP contribution in [0, 0.1) is 6.92 Å². The SMILES string of the molecule is COc1c(Cl)c(C)c(Cl)c(O)c1[C@H]1c2c(CC=C(C)C)c(O)cc(O)c2C(=O)N1Cc1ccccc1. The van der Waals surface area contributed by atoms with E-state index in [0.717, 1.165) is 11.1 Å². The summed E-state index contributed by atoms with van der Waals surface area (Å²) in [5.41, 5.74) is 3.34. The lowest BCUT2D eigenvalue weighted by atomic mass is 9.89. The van der Waals surface area contributed by atoms with Crippen LogP contribution in [-0.2, 0) is 13.0 Å². The van der Waals surface area contributed by atoms with Gasteiger partial charge in [0.1, 0.15) is 23.0 Å². The predicted octanol–water partition coefficient (Wildman–Crippen LogP) is 6.68. The second kappa shape index (κ2) is 9.96. The summed E-state index contributed by atoms with van der Waals surface area (Å²) in [7, 11) is 1.42. The van der Waals surface area contributed by atoms with Crippen molar-refractivity contribution in [2.24, 2.45) is 0 Å². The number of methoxy groups -OCH3 is 1. The van der Waals surface area contributed by atoms with E-state index in [1.165, 1.54) is 18.1 Å². The Hall–Kier alpha value is -3.35. The zero-order valence-corrected chi connectivity index (χ0v) is 21.9. The highest BCUT2D eigenvalue weighted by Crippen LogP contribution is 2.55. The fraction of sp³-hybridized carbons (Fsp3) is 0.250. The van der Waals surface area contributed by atoms with E-state index in [1.54, 1.807) is 6.92 Å². The first-order valence-corrected chi connectivity index (χ1v) is 12.1. The number of hydrogen-bond donors (Lipinski definition) is 3. The third-order valence-electron chi connectivity index (χ3n) is 6.45. The molecule has 0 saturated carbocycles. The molecule has 1 heterocycles. The van der Waals surface area contributed by atoms with Gasteiger partial charge in [-0.2, -0.15) is 0 Å². The molecule has 36 heavy (non-hydrogen) atoms. The third kappa shape index (κ3) is 4.25. The number of fused-ring (bicyclic) bond motifs is 1. The van der Waals surface area contributed by atoms with Crippen molar-refractivity contribution in [2.75, 3.05) is 7.11 Å². The normalized spacial score (nSPS) is 14.7. The van der Waals surface area contributed by atoms with Gasteiger partial charge >= 0.3 is 0 Å². The van der Waals surface area contributed by atoms with Gasteiger partial charge in [-0.3, -0.25) is 4.79 Å². The van der Waals surface area contributed by atoms with Gasteiger partial charge in [0.2, 0.25) is 0 Å². The number of hydrogen-bond acceptors (Lipinski definition) is 5. The molecule has 0 spiro atoms. The Morgan fingerprint density at radius 2 is 1.72 bits per heavy atom. The standard InChI is InChI=1S/C28H27Cl2NO5/c1-14(2)10-11-17-18(32)12-19(33)21-20(17)25(31(28(21)35)13-16-8-6-5-7-9-16)22-26(34)23(29)15(3)24(30)27(22)36-4/h5-10,12,25,32-34H,11,13H2,1-4H3/t25-/m1/s1. The largest absolute Gasteiger partial charge is 0.508 e. The van der Waals surface area contributed by atoms with E-state index in [9.17, 15) is 20.1 Å². The fourth-order valence-corrected chi connectivity index (χ4v) is 5.18. The Morgan fingerprint density at radius 3 is 2.33 bits per heavy atom. The zero-order valence-electron chi connectivity index (χ0n) is 20.4. The number of carbonyl (C=O) groups excluding carboxylic acids is 1. The highest BCUT2D eigenvalue weighted by atomic mass is 35.5. The first kappa shape index (κ1) is 25.7. The number of nitrogens with zero attached hydrogens (tertiary/aromatic N) is 1. The van der Waals surface area contributed by atoms with Gasteiger partial charge in [0.25, 0.3) is 5.91 Å². The second-order valence-electron chi connectivity index (χ2n) is 9.04. The third-order valence-corrected chi connectivity index (χ3v) is 7.36. The molecule has 0 unspecified atom stereocenters. The van der Waals surface area contributed by atoms with Crippen LogP contribution in [0.1, 0.15) is 58.1 Å². The molecule has 0 aromatic heterocycles.